The minimum atomic E-state index is -0.417. The van der Waals surface area contributed by atoms with E-state index in [4.69, 9.17) is 9.47 Å². The Morgan fingerprint density at radius 1 is 1.17 bits per heavy atom. The molecule has 2 atom stereocenters. The van der Waals surface area contributed by atoms with E-state index in [1.807, 2.05) is 0 Å². The summed E-state index contributed by atoms with van der Waals surface area (Å²) in [5, 5.41) is 0. The molecule has 2 heterocycles. The zero-order valence-corrected chi connectivity index (χ0v) is 12.1. The molecule has 3 rings (SSSR count). The molecule has 1 aliphatic carbocycles. The van der Waals surface area contributed by atoms with E-state index in [9.17, 15) is 4.79 Å². The fraction of sp³-hybridized carbons (Fsp3) is 0.923. The van der Waals surface area contributed by atoms with Crippen LogP contribution in [0, 0.1) is 11.8 Å². The summed E-state index contributed by atoms with van der Waals surface area (Å²) in [7, 11) is 0. The van der Waals surface area contributed by atoms with Crippen molar-refractivity contribution in [1.29, 1.82) is 0 Å². The van der Waals surface area contributed by atoms with Crippen LogP contribution in [0.4, 0.5) is 0 Å². The molecule has 0 aromatic rings. The SMILES string of the molecule is O=CC1CCC2(OCCO2)C1CCC1SCCS1. The monoisotopic (exact) mass is 288 g/mol. The standard InChI is InChI=1S/C13H20O3S2/c14-9-10-3-4-13(15-5-6-16-13)11(10)1-2-12-17-7-8-18-12/h9-12H,1-8H2. The Morgan fingerprint density at radius 2 is 1.89 bits per heavy atom. The summed E-state index contributed by atoms with van der Waals surface area (Å²) in [6.07, 6.45) is 5.19. The maximum absolute atomic E-state index is 11.2. The zero-order chi connectivity index (χ0) is 12.4. The number of rotatable bonds is 4. The van der Waals surface area contributed by atoms with Crippen LogP contribution in [0.3, 0.4) is 0 Å². The van der Waals surface area contributed by atoms with Gasteiger partial charge in [-0.05, 0) is 19.3 Å². The van der Waals surface area contributed by atoms with Gasteiger partial charge in [0.15, 0.2) is 5.79 Å². The number of thioether (sulfide) groups is 2. The molecule has 3 fully saturated rings. The summed E-state index contributed by atoms with van der Waals surface area (Å²) in [5.74, 6) is 2.54. The lowest BCUT2D eigenvalue weighted by molar-refractivity contribution is -0.187. The molecule has 0 amide bonds. The highest BCUT2D eigenvalue weighted by Crippen LogP contribution is 2.48. The predicted molar refractivity (Wildman–Crippen MR) is 74.9 cm³/mol. The third-order valence-electron chi connectivity index (χ3n) is 4.26. The van der Waals surface area contributed by atoms with Crippen LogP contribution in [0.1, 0.15) is 25.7 Å². The normalized spacial score (nSPS) is 35.6. The molecule has 2 unspecified atom stereocenters. The molecule has 5 heteroatoms. The van der Waals surface area contributed by atoms with Gasteiger partial charge < -0.3 is 14.3 Å². The van der Waals surface area contributed by atoms with Gasteiger partial charge in [-0.2, -0.15) is 0 Å². The van der Waals surface area contributed by atoms with E-state index >= 15 is 0 Å². The van der Waals surface area contributed by atoms with Crippen molar-refractivity contribution in [2.75, 3.05) is 24.7 Å². The molecule has 0 radical (unpaired) electrons. The van der Waals surface area contributed by atoms with Gasteiger partial charge in [-0.15, -0.1) is 23.5 Å². The van der Waals surface area contributed by atoms with Crippen LogP contribution in [0.25, 0.3) is 0 Å². The lowest BCUT2D eigenvalue weighted by Crippen LogP contribution is -2.37. The molecule has 18 heavy (non-hydrogen) atoms. The van der Waals surface area contributed by atoms with E-state index < -0.39 is 5.79 Å². The second kappa shape index (κ2) is 5.73. The highest BCUT2D eigenvalue weighted by Gasteiger charge is 2.52. The van der Waals surface area contributed by atoms with E-state index in [0.29, 0.717) is 13.2 Å². The first-order chi connectivity index (χ1) is 8.84. The Morgan fingerprint density at radius 3 is 2.56 bits per heavy atom. The molecule has 1 saturated carbocycles. The van der Waals surface area contributed by atoms with Gasteiger partial charge in [0.2, 0.25) is 0 Å². The van der Waals surface area contributed by atoms with Crippen LogP contribution >= 0.6 is 23.5 Å². The highest BCUT2D eigenvalue weighted by atomic mass is 32.2. The van der Waals surface area contributed by atoms with Crippen molar-refractivity contribution in [3.8, 4) is 0 Å². The van der Waals surface area contributed by atoms with Crippen LogP contribution in [-0.2, 0) is 14.3 Å². The third-order valence-corrected chi connectivity index (χ3v) is 7.43. The minimum Gasteiger partial charge on any atom is -0.347 e. The molecule has 0 aromatic carbocycles. The second-order valence-electron chi connectivity index (χ2n) is 5.20. The Kier molecular flexibility index (Phi) is 4.23. The second-order valence-corrected chi connectivity index (χ2v) is 8.12. The number of carbonyl (C=O) groups is 1. The van der Waals surface area contributed by atoms with E-state index in [0.717, 1.165) is 30.1 Å². The summed E-state index contributed by atoms with van der Waals surface area (Å²) in [4.78, 5) is 11.2. The van der Waals surface area contributed by atoms with Gasteiger partial charge in [0.25, 0.3) is 0 Å². The maximum atomic E-state index is 11.2. The van der Waals surface area contributed by atoms with Crippen molar-refractivity contribution in [2.24, 2.45) is 11.8 Å². The number of aldehydes is 1. The summed E-state index contributed by atoms with van der Waals surface area (Å²) >= 11 is 4.12. The van der Waals surface area contributed by atoms with Crippen molar-refractivity contribution in [2.45, 2.75) is 36.1 Å². The van der Waals surface area contributed by atoms with Crippen molar-refractivity contribution < 1.29 is 14.3 Å². The van der Waals surface area contributed by atoms with Crippen molar-refractivity contribution in [3.05, 3.63) is 0 Å². The smallest absolute Gasteiger partial charge is 0.171 e. The van der Waals surface area contributed by atoms with Gasteiger partial charge in [-0.25, -0.2) is 0 Å². The molecule has 0 aromatic heterocycles. The molecule has 2 saturated heterocycles. The Hall–Kier alpha value is 0.290. The van der Waals surface area contributed by atoms with Crippen molar-refractivity contribution in [1.82, 2.24) is 0 Å². The Labute approximate surface area is 117 Å². The van der Waals surface area contributed by atoms with Crippen molar-refractivity contribution in [3.63, 3.8) is 0 Å². The molecule has 3 aliphatic rings. The molecule has 1 spiro atoms. The van der Waals surface area contributed by atoms with E-state index in [2.05, 4.69) is 23.5 Å². The third kappa shape index (κ3) is 2.47. The number of hydrogen-bond donors (Lipinski definition) is 0. The molecule has 102 valence electrons. The van der Waals surface area contributed by atoms with Crippen molar-refractivity contribution >= 4 is 29.8 Å². The molecular weight excluding hydrogens is 268 g/mol. The first-order valence-corrected chi connectivity index (χ1v) is 8.90. The number of ether oxygens (including phenoxy) is 2. The topological polar surface area (TPSA) is 35.5 Å². The molecule has 0 N–H and O–H groups in total. The van der Waals surface area contributed by atoms with Gasteiger partial charge in [0.1, 0.15) is 6.29 Å². The van der Waals surface area contributed by atoms with Gasteiger partial charge in [0, 0.05) is 29.8 Å². The van der Waals surface area contributed by atoms with Gasteiger partial charge in [-0.1, -0.05) is 0 Å². The molecule has 0 bridgehead atoms. The fourth-order valence-electron chi connectivity index (χ4n) is 3.40. The van der Waals surface area contributed by atoms with E-state index in [-0.39, 0.29) is 11.8 Å². The van der Waals surface area contributed by atoms with Crippen LogP contribution in [0.2, 0.25) is 0 Å². The highest BCUT2D eigenvalue weighted by molar-refractivity contribution is 8.20. The number of hydrogen-bond acceptors (Lipinski definition) is 5. The molecular formula is C13H20O3S2. The number of carbonyl (C=O) groups excluding carboxylic acids is 1. The predicted octanol–water partition coefficient (Wildman–Crippen LogP) is 2.54. The minimum absolute atomic E-state index is 0.138. The van der Waals surface area contributed by atoms with Crippen LogP contribution in [-0.4, -0.2) is 41.4 Å². The van der Waals surface area contributed by atoms with Gasteiger partial charge >= 0.3 is 0 Å². The Bertz CT molecular complexity index is 299. The fourth-order valence-corrected chi connectivity index (χ4v) is 6.26. The largest absolute Gasteiger partial charge is 0.347 e. The van der Waals surface area contributed by atoms with E-state index in [1.54, 1.807) is 0 Å². The molecule has 3 nitrogen and oxygen atoms in total. The summed E-state index contributed by atoms with van der Waals surface area (Å²) in [6.45, 7) is 1.38. The average Bonchev–Trinajstić information content (AvgIpc) is 3.10. The van der Waals surface area contributed by atoms with Crippen LogP contribution in [0.15, 0.2) is 0 Å². The summed E-state index contributed by atoms with van der Waals surface area (Å²) in [5.41, 5.74) is 0. The van der Waals surface area contributed by atoms with E-state index in [1.165, 1.54) is 17.9 Å². The lowest BCUT2D eigenvalue weighted by Gasteiger charge is -2.31. The first-order valence-electron chi connectivity index (χ1n) is 6.80. The Balaban J connectivity index is 1.63. The zero-order valence-electron chi connectivity index (χ0n) is 10.5. The maximum Gasteiger partial charge on any atom is 0.171 e. The van der Waals surface area contributed by atoms with Gasteiger partial charge in [0.05, 0.1) is 17.8 Å². The quantitative estimate of drug-likeness (QED) is 0.743. The summed E-state index contributed by atoms with van der Waals surface area (Å²) < 4.78 is 12.5. The first kappa shape index (κ1) is 13.3. The van der Waals surface area contributed by atoms with Crippen LogP contribution < -0.4 is 0 Å². The average molecular weight is 288 g/mol. The summed E-state index contributed by atoms with van der Waals surface area (Å²) in [6, 6.07) is 0. The van der Waals surface area contributed by atoms with Gasteiger partial charge in [-0.3, -0.25) is 0 Å². The molecule has 2 aliphatic heterocycles. The lowest BCUT2D eigenvalue weighted by atomic mass is 9.89. The van der Waals surface area contributed by atoms with Crippen LogP contribution in [0.5, 0.6) is 0 Å².